The van der Waals surface area contributed by atoms with E-state index in [4.69, 9.17) is 5.73 Å². The second-order valence-corrected chi connectivity index (χ2v) is 7.75. The summed E-state index contributed by atoms with van der Waals surface area (Å²) in [7, 11) is 0. The minimum Gasteiger partial charge on any atom is -0.369 e. The predicted octanol–water partition coefficient (Wildman–Crippen LogP) is 2.12. The topological polar surface area (TPSA) is 127 Å². The number of nitrogens with two attached hydrogens (primary N) is 1. The molecule has 0 aliphatic carbocycles. The van der Waals surface area contributed by atoms with Crippen LogP contribution >= 0.6 is 34.0 Å². The largest absolute Gasteiger partial charge is 0.369 e. The van der Waals surface area contributed by atoms with Crippen LogP contribution in [0, 0.1) is 0 Å². The quantitative estimate of drug-likeness (QED) is 0.553. The maximum atomic E-state index is 12.1. The van der Waals surface area contributed by atoms with Crippen LogP contribution in [-0.4, -0.2) is 27.7 Å². The average molecular weight is 408 g/mol. The van der Waals surface area contributed by atoms with E-state index >= 15 is 0 Å². The van der Waals surface area contributed by atoms with Crippen molar-refractivity contribution in [3.8, 4) is 0 Å². The molecule has 3 heterocycles. The Balaban J connectivity index is 1.53. The maximum absolute atomic E-state index is 12.1. The molecule has 0 atom stereocenters. The van der Waals surface area contributed by atoms with Crippen LogP contribution in [0.4, 0.5) is 10.3 Å². The van der Waals surface area contributed by atoms with Crippen molar-refractivity contribution in [3.05, 3.63) is 44.5 Å². The zero-order valence-corrected chi connectivity index (χ0v) is 15.7. The molecule has 26 heavy (non-hydrogen) atoms. The summed E-state index contributed by atoms with van der Waals surface area (Å²) >= 11 is 3.81. The lowest BCUT2D eigenvalue weighted by Gasteiger charge is -2.00. The van der Waals surface area contributed by atoms with Crippen molar-refractivity contribution < 1.29 is 14.4 Å². The third kappa shape index (κ3) is 4.94. The fourth-order valence-electron chi connectivity index (χ4n) is 1.96. The first kappa shape index (κ1) is 18.2. The SMILES string of the molecule is NC(=O)Cc1csc(NC(=O)Cc2csc(NC(=O)c3cccs3)n2)n1. The van der Waals surface area contributed by atoms with Gasteiger partial charge in [0, 0.05) is 10.8 Å². The van der Waals surface area contributed by atoms with Gasteiger partial charge in [0.1, 0.15) is 0 Å². The summed E-state index contributed by atoms with van der Waals surface area (Å²) in [5, 5.41) is 11.4. The fourth-order valence-corrected chi connectivity index (χ4v) is 4.01. The Labute approximate surface area is 160 Å². The molecule has 11 heteroatoms. The van der Waals surface area contributed by atoms with Crippen molar-refractivity contribution in [3.63, 3.8) is 0 Å². The zero-order valence-electron chi connectivity index (χ0n) is 13.2. The van der Waals surface area contributed by atoms with Crippen molar-refractivity contribution in [2.75, 3.05) is 10.6 Å². The zero-order chi connectivity index (χ0) is 18.5. The Hall–Kier alpha value is -2.63. The van der Waals surface area contributed by atoms with Gasteiger partial charge in [-0.15, -0.1) is 34.0 Å². The highest BCUT2D eigenvalue weighted by Gasteiger charge is 2.13. The van der Waals surface area contributed by atoms with Crippen molar-refractivity contribution in [1.82, 2.24) is 9.97 Å². The number of anilines is 2. The molecular weight excluding hydrogens is 394 g/mol. The molecule has 0 radical (unpaired) electrons. The van der Waals surface area contributed by atoms with Gasteiger partial charge in [-0.2, -0.15) is 0 Å². The number of carbonyl (C=O) groups excluding carboxylic acids is 3. The van der Waals surface area contributed by atoms with Crippen LogP contribution < -0.4 is 16.4 Å². The van der Waals surface area contributed by atoms with Gasteiger partial charge in [-0.3, -0.25) is 19.7 Å². The van der Waals surface area contributed by atoms with Crippen molar-refractivity contribution in [2.45, 2.75) is 12.8 Å². The summed E-state index contributed by atoms with van der Waals surface area (Å²) in [4.78, 5) is 43.9. The lowest BCUT2D eigenvalue weighted by atomic mass is 10.3. The lowest BCUT2D eigenvalue weighted by Crippen LogP contribution is -2.16. The number of nitrogens with one attached hydrogen (secondary N) is 2. The molecule has 0 aliphatic rings. The molecule has 3 aromatic rings. The van der Waals surface area contributed by atoms with Gasteiger partial charge in [0.15, 0.2) is 10.3 Å². The van der Waals surface area contributed by atoms with Gasteiger partial charge < -0.3 is 11.1 Å². The van der Waals surface area contributed by atoms with Gasteiger partial charge in [-0.1, -0.05) is 6.07 Å². The molecule has 4 N–H and O–H groups in total. The summed E-state index contributed by atoms with van der Waals surface area (Å²) in [5.74, 6) is -0.991. The predicted molar refractivity (Wildman–Crippen MR) is 102 cm³/mol. The molecule has 3 rings (SSSR count). The van der Waals surface area contributed by atoms with Gasteiger partial charge >= 0.3 is 0 Å². The molecule has 0 bridgehead atoms. The summed E-state index contributed by atoms with van der Waals surface area (Å²) in [5.41, 5.74) is 6.17. The van der Waals surface area contributed by atoms with E-state index in [1.807, 2.05) is 5.38 Å². The third-order valence-electron chi connectivity index (χ3n) is 3.01. The van der Waals surface area contributed by atoms with Crippen LogP contribution in [0.3, 0.4) is 0 Å². The van der Waals surface area contributed by atoms with E-state index < -0.39 is 5.91 Å². The Kier molecular flexibility index (Phi) is 5.71. The number of primary amides is 1. The van der Waals surface area contributed by atoms with E-state index in [1.165, 1.54) is 34.0 Å². The third-order valence-corrected chi connectivity index (χ3v) is 5.49. The second-order valence-electron chi connectivity index (χ2n) is 5.09. The van der Waals surface area contributed by atoms with E-state index in [9.17, 15) is 14.4 Å². The van der Waals surface area contributed by atoms with E-state index in [2.05, 4.69) is 20.6 Å². The average Bonchev–Trinajstić information content (AvgIpc) is 3.29. The van der Waals surface area contributed by atoms with Gasteiger partial charge in [-0.05, 0) is 11.4 Å². The molecule has 0 saturated heterocycles. The van der Waals surface area contributed by atoms with Crippen LogP contribution in [0.1, 0.15) is 21.1 Å². The van der Waals surface area contributed by atoms with Crippen LogP contribution in [0.5, 0.6) is 0 Å². The summed E-state index contributed by atoms with van der Waals surface area (Å²) in [6.45, 7) is 0. The number of aromatic nitrogens is 2. The highest BCUT2D eigenvalue weighted by molar-refractivity contribution is 7.14. The summed E-state index contributed by atoms with van der Waals surface area (Å²) < 4.78 is 0. The van der Waals surface area contributed by atoms with Crippen LogP contribution in [0.2, 0.25) is 0 Å². The van der Waals surface area contributed by atoms with E-state index in [-0.39, 0.29) is 24.7 Å². The monoisotopic (exact) mass is 407 g/mol. The second kappa shape index (κ2) is 8.17. The number of thiazole rings is 2. The number of amides is 3. The van der Waals surface area contributed by atoms with Gasteiger partial charge in [0.2, 0.25) is 11.8 Å². The number of carbonyl (C=O) groups is 3. The highest BCUT2D eigenvalue weighted by atomic mass is 32.1. The molecule has 0 spiro atoms. The Morgan fingerprint density at radius 3 is 2.23 bits per heavy atom. The summed E-state index contributed by atoms with van der Waals surface area (Å²) in [6.07, 6.45) is 0.0852. The fraction of sp³-hybridized carbons (Fsp3) is 0.133. The van der Waals surface area contributed by atoms with Crippen LogP contribution in [0.15, 0.2) is 28.3 Å². The molecule has 134 valence electrons. The number of hydrogen-bond acceptors (Lipinski definition) is 8. The number of nitrogens with zero attached hydrogens (tertiary/aromatic N) is 2. The minimum absolute atomic E-state index is 0.0335. The lowest BCUT2D eigenvalue weighted by molar-refractivity contribution is -0.117. The molecular formula is C15H13N5O3S3. The molecule has 0 unspecified atom stereocenters. The molecule has 3 aromatic heterocycles. The minimum atomic E-state index is -0.479. The first-order valence-corrected chi connectivity index (χ1v) is 9.95. The standard InChI is InChI=1S/C15H13N5O3S3/c16-11(21)4-8-6-25-14(17-8)19-12(22)5-9-7-26-15(18-9)20-13(23)10-2-1-3-24-10/h1-3,6-7H,4-5H2,(H2,16,21)(H,17,19,22)(H,18,20,23). The molecule has 0 aliphatic heterocycles. The normalized spacial score (nSPS) is 10.5. The van der Waals surface area contributed by atoms with Crippen molar-refractivity contribution in [2.24, 2.45) is 5.73 Å². The first-order valence-electron chi connectivity index (χ1n) is 7.31. The first-order chi connectivity index (χ1) is 12.5. The van der Waals surface area contributed by atoms with Crippen molar-refractivity contribution >= 4 is 62.0 Å². The number of thiophene rings is 1. The number of rotatable bonds is 7. The Morgan fingerprint density at radius 2 is 1.62 bits per heavy atom. The Bertz CT molecular complexity index is 932. The molecule has 0 fully saturated rings. The number of hydrogen-bond donors (Lipinski definition) is 3. The van der Waals surface area contributed by atoms with Gasteiger partial charge in [0.25, 0.3) is 5.91 Å². The maximum Gasteiger partial charge on any atom is 0.267 e. The van der Waals surface area contributed by atoms with Crippen LogP contribution in [0.25, 0.3) is 0 Å². The molecule has 0 aromatic carbocycles. The highest BCUT2D eigenvalue weighted by Crippen LogP contribution is 2.20. The van der Waals surface area contributed by atoms with Gasteiger partial charge in [0.05, 0.1) is 29.1 Å². The van der Waals surface area contributed by atoms with Crippen LogP contribution in [-0.2, 0) is 22.4 Å². The van der Waals surface area contributed by atoms with E-state index in [0.717, 1.165) is 0 Å². The smallest absolute Gasteiger partial charge is 0.267 e. The van der Waals surface area contributed by atoms with Crippen molar-refractivity contribution in [1.29, 1.82) is 0 Å². The van der Waals surface area contributed by atoms with E-state index in [1.54, 1.807) is 22.9 Å². The summed E-state index contributed by atoms with van der Waals surface area (Å²) in [6, 6.07) is 3.52. The molecule has 3 amide bonds. The Morgan fingerprint density at radius 1 is 0.962 bits per heavy atom. The molecule has 8 nitrogen and oxygen atoms in total. The van der Waals surface area contributed by atoms with Gasteiger partial charge in [-0.25, -0.2) is 9.97 Å². The van der Waals surface area contributed by atoms with E-state index in [0.29, 0.717) is 26.5 Å². The molecule has 0 saturated carbocycles.